The number of thiophene rings is 1. The van der Waals surface area contributed by atoms with E-state index in [9.17, 15) is 9.59 Å². The van der Waals surface area contributed by atoms with Gasteiger partial charge in [-0.1, -0.05) is 36.4 Å². The number of hydrogen-bond donors (Lipinski definition) is 2. The number of carbonyl (C=O) groups excluding carboxylic acids is 2. The number of nitrogens with one attached hydrogen (secondary N) is 2. The van der Waals surface area contributed by atoms with E-state index in [0.717, 1.165) is 11.3 Å². The third kappa shape index (κ3) is 4.77. The smallest absolute Gasteiger partial charge is 0.252 e. The Morgan fingerprint density at radius 1 is 1.04 bits per heavy atom. The molecule has 0 saturated heterocycles. The van der Waals surface area contributed by atoms with Gasteiger partial charge in [-0.2, -0.15) is 11.3 Å². The quantitative estimate of drug-likeness (QED) is 0.676. The minimum absolute atomic E-state index is 0.143. The predicted octanol–water partition coefficient (Wildman–Crippen LogP) is 3.17. The third-order valence-electron chi connectivity index (χ3n) is 3.84. The summed E-state index contributed by atoms with van der Waals surface area (Å²) in [6, 6.07) is 16.8. The van der Waals surface area contributed by atoms with Crippen LogP contribution in [0.2, 0.25) is 0 Å². The second-order valence-electron chi connectivity index (χ2n) is 5.68. The van der Waals surface area contributed by atoms with Gasteiger partial charge in [0, 0.05) is 30.1 Å². The van der Waals surface area contributed by atoms with Crippen LogP contribution in [0.1, 0.15) is 34.1 Å². The zero-order valence-corrected chi connectivity index (χ0v) is 14.9. The number of pyridine rings is 1. The minimum atomic E-state index is -0.322. The van der Waals surface area contributed by atoms with E-state index >= 15 is 0 Å². The average molecular weight is 365 g/mol. The number of nitrogens with zero attached hydrogens (tertiary/aromatic N) is 1. The van der Waals surface area contributed by atoms with E-state index in [0.29, 0.717) is 5.56 Å². The van der Waals surface area contributed by atoms with Gasteiger partial charge in [0.1, 0.15) is 0 Å². The lowest BCUT2D eigenvalue weighted by molar-refractivity contribution is -0.121. The van der Waals surface area contributed by atoms with E-state index in [1.165, 1.54) is 11.3 Å². The van der Waals surface area contributed by atoms with Crippen molar-refractivity contribution in [2.45, 2.75) is 12.5 Å². The summed E-state index contributed by atoms with van der Waals surface area (Å²) >= 11 is 1.46. The summed E-state index contributed by atoms with van der Waals surface area (Å²) in [7, 11) is 0. The van der Waals surface area contributed by atoms with E-state index < -0.39 is 0 Å². The molecule has 2 aromatic heterocycles. The summed E-state index contributed by atoms with van der Waals surface area (Å²) in [4.78, 5) is 28.7. The van der Waals surface area contributed by atoms with Crippen molar-refractivity contribution >= 4 is 23.2 Å². The molecule has 6 heteroatoms. The lowest BCUT2D eigenvalue weighted by atomic mass is 10.0. The van der Waals surface area contributed by atoms with Crippen LogP contribution in [0.15, 0.2) is 71.6 Å². The summed E-state index contributed by atoms with van der Waals surface area (Å²) < 4.78 is 0. The van der Waals surface area contributed by atoms with Gasteiger partial charge in [0.05, 0.1) is 11.7 Å². The molecule has 0 spiro atoms. The van der Waals surface area contributed by atoms with Gasteiger partial charge in [0.15, 0.2) is 0 Å². The number of aromatic nitrogens is 1. The van der Waals surface area contributed by atoms with Gasteiger partial charge in [-0.25, -0.2) is 0 Å². The van der Waals surface area contributed by atoms with Gasteiger partial charge in [-0.05, 0) is 29.1 Å². The first-order valence-electron chi connectivity index (χ1n) is 8.29. The molecule has 132 valence electrons. The monoisotopic (exact) mass is 365 g/mol. The van der Waals surface area contributed by atoms with Crippen LogP contribution in [0.5, 0.6) is 0 Å². The lowest BCUT2D eigenvalue weighted by Crippen LogP contribution is -2.33. The molecular formula is C20H19N3O2S. The molecular weight excluding hydrogens is 346 g/mol. The zero-order chi connectivity index (χ0) is 18.2. The van der Waals surface area contributed by atoms with Crippen LogP contribution in [-0.4, -0.2) is 23.3 Å². The van der Waals surface area contributed by atoms with Crippen molar-refractivity contribution in [2.75, 3.05) is 6.54 Å². The van der Waals surface area contributed by atoms with Gasteiger partial charge < -0.3 is 10.6 Å². The maximum atomic E-state index is 12.4. The molecule has 0 radical (unpaired) electrons. The minimum Gasteiger partial charge on any atom is -0.351 e. The van der Waals surface area contributed by atoms with Gasteiger partial charge in [-0.3, -0.25) is 14.6 Å². The first kappa shape index (κ1) is 17.8. The average Bonchev–Trinajstić information content (AvgIpc) is 3.22. The van der Waals surface area contributed by atoms with Crippen molar-refractivity contribution < 1.29 is 9.59 Å². The molecule has 0 aliphatic heterocycles. The van der Waals surface area contributed by atoms with Gasteiger partial charge >= 0.3 is 0 Å². The Hall–Kier alpha value is -2.99. The molecule has 0 saturated carbocycles. The zero-order valence-electron chi connectivity index (χ0n) is 14.1. The van der Waals surface area contributed by atoms with Gasteiger partial charge in [0.25, 0.3) is 5.91 Å². The Kier molecular flexibility index (Phi) is 6.11. The van der Waals surface area contributed by atoms with Crippen molar-refractivity contribution in [1.82, 2.24) is 15.6 Å². The van der Waals surface area contributed by atoms with Crippen LogP contribution in [-0.2, 0) is 4.79 Å². The molecule has 0 bridgehead atoms. The van der Waals surface area contributed by atoms with E-state index in [4.69, 9.17) is 0 Å². The summed E-state index contributed by atoms with van der Waals surface area (Å²) in [5, 5.41) is 9.39. The van der Waals surface area contributed by atoms with Crippen molar-refractivity contribution in [3.05, 3.63) is 88.4 Å². The van der Waals surface area contributed by atoms with Crippen molar-refractivity contribution in [1.29, 1.82) is 0 Å². The van der Waals surface area contributed by atoms with Crippen LogP contribution >= 0.6 is 11.3 Å². The Morgan fingerprint density at radius 2 is 1.85 bits per heavy atom. The highest BCUT2D eigenvalue weighted by atomic mass is 32.1. The van der Waals surface area contributed by atoms with Gasteiger partial charge in [-0.15, -0.1) is 0 Å². The molecule has 3 aromatic rings. The number of amides is 2. The Morgan fingerprint density at radius 3 is 2.54 bits per heavy atom. The predicted molar refractivity (Wildman–Crippen MR) is 102 cm³/mol. The van der Waals surface area contributed by atoms with Crippen LogP contribution in [0.4, 0.5) is 0 Å². The van der Waals surface area contributed by atoms with Crippen molar-refractivity contribution in [3.8, 4) is 0 Å². The summed E-state index contributed by atoms with van der Waals surface area (Å²) in [5.74, 6) is -0.307. The maximum absolute atomic E-state index is 12.4. The number of carbonyl (C=O) groups is 2. The Labute approximate surface area is 156 Å². The molecule has 26 heavy (non-hydrogen) atoms. The molecule has 0 aliphatic carbocycles. The number of rotatable bonds is 7. The molecule has 1 unspecified atom stereocenters. The lowest BCUT2D eigenvalue weighted by Gasteiger charge is -2.19. The van der Waals surface area contributed by atoms with Crippen LogP contribution in [0.25, 0.3) is 0 Å². The fraction of sp³-hybridized carbons (Fsp3) is 0.150. The largest absolute Gasteiger partial charge is 0.351 e. The molecule has 0 aliphatic rings. The highest BCUT2D eigenvalue weighted by Gasteiger charge is 2.17. The van der Waals surface area contributed by atoms with E-state index in [-0.39, 0.29) is 30.8 Å². The SMILES string of the molecule is O=C(CCNC(=O)c1ccsc1)NC(c1ccccc1)c1ccccn1. The third-order valence-corrected chi connectivity index (χ3v) is 4.53. The highest BCUT2D eigenvalue weighted by molar-refractivity contribution is 7.08. The Balaban J connectivity index is 1.60. The molecule has 0 fully saturated rings. The summed E-state index contributed by atoms with van der Waals surface area (Å²) in [5.41, 5.74) is 2.35. The number of benzene rings is 1. The molecule has 2 amide bonds. The maximum Gasteiger partial charge on any atom is 0.252 e. The number of hydrogen-bond acceptors (Lipinski definition) is 4. The molecule has 2 heterocycles. The normalized spacial score (nSPS) is 11.5. The molecule has 2 N–H and O–H groups in total. The first-order chi connectivity index (χ1) is 12.7. The van der Waals surface area contributed by atoms with Crippen LogP contribution < -0.4 is 10.6 Å². The van der Waals surface area contributed by atoms with Gasteiger partial charge in [0.2, 0.25) is 5.91 Å². The second-order valence-corrected chi connectivity index (χ2v) is 6.46. The molecule has 5 nitrogen and oxygen atoms in total. The Bertz CT molecular complexity index is 797. The second kappa shape index (κ2) is 8.92. The summed E-state index contributed by atoms with van der Waals surface area (Å²) in [6.45, 7) is 0.282. The standard InChI is InChI=1S/C20H19N3O2S/c24-18(9-12-22-20(25)16-10-13-26-14-16)23-19(15-6-2-1-3-7-15)17-8-4-5-11-21-17/h1-8,10-11,13-14,19H,9,12H2,(H,22,25)(H,23,24). The molecule has 3 rings (SSSR count). The van der Waals surface area contributed by atoms with E-state index in [2.05, 4.69) is 15.6 Å². The summed E-state index contributed by atoms with van der Waals surface area (Å²) in [6.07, 6.45) is 1.91. The highest BCUT2D eigenvalue weighted by Crippen LogP contribution is 2.19. The fourth-order valence-corrected chi connectivity index (χ4v) is 3.17. The van der Waals surface area contributed by atoms with Crippen molar-refractivity contribution in [3.63, 3.8) is 0 Å². The van der Waals surface area contributed by atoms with Crippen molar-refractivity contribution in [2.24, 2.45) is 0 Å². The molecule has 1 aromatic carbocycles. The van der Waals surface area contributed by atoms with Crippen LogP contribution in [0, 0.1) is 0 Å². The molecule has 1 atom stereocenters. The fourth-order valence-electron chi connectivity index (χ4n) is 2.54. The topological polar surface area (TPSA) is 71.1 Å². The van der Waals surface area contributed by atoms with E-state index in [1.807, 2.05) is 53.9 Å². The first-order valence-corrected chi connectivity index (χ1v) is 9.24. The van der Waals surface area contributed by atoms with E-state index in [1.54, 1.807) is 17.6 Å². The van der Waals surface area contributed by atoms with Crippen LogP contribution in [0.3, 0.4) is 0 Å².